The number of halogens is 1. The van der Waals surface area contributed by atoms with Crippen LogP contribution in [0, 0.1) is 0 Å². The normalized spacial score (nSPS) is 16.1. The first-order valence-corrected chi connectivity index (χ1v) is 9.58. The molecule has 0 spiro atoms. The summed E-state index contributed by atoms with van der Waals surface area (Å²) in [5.74, 6) is 0.870. The largest absolute Gasteiger partial charge is 0.357 e. The number of aliphatic imine (C=N–C) groups is 1. The summed E-state index contributed by atoms with van der Waals surface area (Å²) < 4.78 is 0. The third-order valence-corrected chi connectivity index (χ3v) is 4.90. The van der Waals surface area contributed by atoms with Crippen molar-refractivity contribution in [1.29, 1.82) is 0 Å². The molecule has 0 aliphatic carbocycles. The lowest BCUT2D eigenvalue weighted by molar-refractivity contribution is 0.282. The monoisotopic (exact) mass is 469 g/mol. The Morgan fingerprint density at radius 2 is 1.88 bits per heavy atom. The van der Waals surface area contributed by atoms with Gasteiger partial charge in [-0.15, -0.1) is 24.0 Å². The zero-order valence-electron chi connectivity index (χ0n) is 15.8. The highest BCUT2D eigenvalue weighted by Crippen LogP contribution is 2.14. The Hall–Kier alpha value is -1.28. The molecule has 2 aromatic rings. The number of aromatic amines is 1. The minimum Gasteiger partial charge on any atom is -0.357 e. The molecular weight excluding hydrogens is 437 g/mol. The van der Waals surface area contributed by atoms with Crippen LogP contribution in [0.1, 0.15) is 37.8 Å². The van der Waals surface area contributed by atoms with Gasteiger partial charge in [0.25, 0.3) is 0 Å². The number of fused-ring (bicyclic) bond motifs is 1. The number of nitrogens with zero attached hydrogens (tertiary/aromatic N) is 2. The Kier molecular flexibility index (Phi) is 9.25. The van der Waals surface area contributed by atoms with Gasteiger partial charge in [-0.2, -0.15) is 0 Å². The highest BCUT2D eigenvalue weighted by atomic mass is 127. The van der Waals surface area contributed by atoms with E-state index in [2.05, 4.69) is 55.8 Å². The number of aromatic nitrogens is 1. The first kappa shape index (κ1) is 21.0. The van der Waals surface area contributed by atoms with Crippen LogP contribution in [0.3, 0.4) is 0 Å². The third kappa shape index (κ3) is 6.46. The fraction of sp³-hybridized carbons (Fsp3) is 0.550. The summed E-state index contributed by atoms with van der Waals surface area (Å²) in [5, 5.41) is 8.07. The Morgan fingerprint density at radius 3 is 2.62 bits per heavy atom. The van der Waals surface area contributed by atoms with Gasteiger partial charge < -0.3 is 20.5 Å². The molecule has 0 atom stereocenters. The van der Waals surface area contributed by atoms with Gasteiger partial charge in [-0.05, 0) is 56.4 Å². The van der Waals surface area contributed by atoms with Gasteiger partial charge in [0.1, 0.15) is 0 Å². The Balaban J connectivity index is 0.00000243. The summed E-state index contributed by atoms with van der Waals surface area (Å²) in [6, 6.07) is 10.5. The number of rotatable bonds is 6. The summed E-state index contributed by atoms with van der Waals surface area (Å²) in [6.45, 7) is 5.44. The van der Waals surface area contributed by atoms with E-state index in [0.29, 0.717) is 0 Å². The van der Waals surface area contributed by atoms with E-state index in [1.807, 2.05) is 7.05 Å². The van der Waals surface area contributed by atoms with Crippen LogP contribution < -0.4 is 10.6 Å². The predicted octanol–water partition coefficient (Wildman–Crippen LogP) is 3.72. The molecule has 0 unspecified atom stereocenters. The van der Waals surface area contributed by atoms with E-state index in [1.165, 1.54) is 61.9 Å². The zero-order valence-corrected chi connectivity index (χ0v) is 18.1. The van der Waals surface area contributed by atoms with Crippen molar-refractivity contribution in [2.45, 2.75) is 38.6 Å². The molecule has 1 fully saturated rings. The molecule has 1 aromatic carbocycles. The van der Waals surface area contributed by atoms with Crippen molar-refractivity contribution in [3.05, 3.63) is 36.0 Å². The summed E-state index contributed by atoms with van der Waals surface area (Å²) in [5.41, 5.74) is 2.36. The van der Waals surface area contributed by atoms with E-state index in [0.717, 1.165) is 25.5 Å². The Bertz CT molecular complexity index is 641. The lowest BCUT2D eigenvalue weighted by Crippen LogP contribution is -2.38. The number of likely N-dealkylation sites (tertiary alicyclic amines) is 1. The van der Waals surface area contributed by atoms with Crippen molar-refractivity contribution in [2.75, 3.05) is 33.2 Å². The van der Waals surface area contributed by atoms with Crippen LogP contribution >= 0.6 is 24.0 Å². The standard InChI is InChI=1S/C20H31N5.HI/c1-21-20(22-11-8-14-25-12-6-2-3-7-13-25)23-16-18-15-17-9-4-5-10-19(17)24-18;/h4-5,9-10,15,24H,2-3,6-8,11-14,16H2,1H3,(H2,21,22,23);1H. The van der Waals surface area contributed by atoms with Gasteiger partial charge in [0.15, 0.2) is 5.96 Å². The van der Waals surface area contributed by atoms with Crippen molar-refractivity contribution in [3.63, 3.8) is 0 Å². The maximum atomic E-state index is 4.32. The molecule has 1 saturated heterocycles. The highest BCUT2D eigenvalue weighted by molar-refractivity contribution is 14.0. The minimum absolute atomic E-state index is 0. The molecule has 5 nitrogen and oxygen atoms in total. The number of hydrogen-bond acceptors (Lipinski definition) is 2. The maximum Gasteiger partial charge on any atom is 0.191 e. The summed E-state index contributed by atoms with van der Waals surface area (Å²) in [6.07, 6.45) is 6.69. The third-order valence-electron chi connectivity index (χ3n) is 4.90. The van der Waals surface area contributed by atoms with E-state index in [9.17, 15) is 0 Å². The van der Waals surface area contributed by atoms with E-state index in [1.54, 1.807) is 0 Å². The molecule has 1 aliphatic heterocycles. The van der Waals surface area contributed by atoms with Crippen LogP contribution in [0.2, 0.25) is 0 Å². The van der Waals surface area contributed by atoms with Gasteiger partial charge in [0.05, 0.1) is 6.54 Å². The zero-order chi connectivity index (χ0) is 17.3. The summed E-state index contributed by atoms with van der Waals surface area (Å²) >= 11 is 0. The second-order valence-corrected chi connectivity index (χ2v) is 6.84. The van der Waals surface area contributed by atoms with Crippen LogP contribution in [-0.4, -0.2) is 49.1 Å². The second kappa shape index (κ2) is 11.4. The topological polar surface area (TPSA) is 55.5 Å². The fourth-order valence-electron chi connectivity index (χ4n) is 3.50. The van der Waals surface area contributed by atoms with E-state index in [-0.39, 0.29) is 24.0 Å². The molecule has 3 N–H and O–H groups in total. The van der Waals surface area contributed by atoms with Gasteiger partial charge in [-0.25, -0.2) is 0 Å². The maximum absolute atomic E-state index is 4.32. The van der Waals surface area contributed by atoms with Crippen LogP contribution in [0.15, 0.2) is 35.3 Å². The SMILES string of the molecule is CN=C(NCCCN1CCCCCC1)NCc1cc2ccccc2[nH]1.I. The number of nitrogens with one attached hydrogen (secondary N) is 3. The molecule has 26 heavy (non-hydrogen) atoms. The number of hydrogen-bond donors (Lipinski definition) is 3. The van der Waals surface area contributed by atoms with Gasteiger partial charge in [-0.1, -0.05) is 31.0 Å². The molecule has 0 amide bonds. The lowest BCUT2D eigenvalue weighted by Gasteiger charge is -2.20. The van der Waals surface area contributed by atoms with E-state index < -0.39 is 0 Å². The smallest absolute Gasteiger partial charge is 0.191 e. The number of guanidine groups is 1. The van der Waals surface area contributed by atoms with Gasteiger partial charge >= 0.3 is 0 Å². The van der Waals surface area contributed by atoms with Crippen molar-refractivity contribution in [1.82, 2.24) is 20.5 Å². The first-order chi connectivity index (χ1) is 12.3. The molecule has 1 aliphatic rings. The van der Waals surface area contributed by atoms with Crippen molar-refractivity contribution >= 4 is 40.8 Å². The number of para-hydroxylation sites is 1. The molecule has 3 rings (SSSR count). The quantitative estimate of drug-likeness (QED) is 0.262. The van der Waals surface area contributed by atoms with Crippen molar-refractivity contribution in [2.24, 2.45) is 4.99 Å². The minimum atomic E-state index is 0. The highest BCUT2D eigenvalue weighted by Gasteiger charge is 2.08. The van der Waals surface area contributed by atoms with Crippen molar-refractivity contribution < 1.29 is 0 Å². The average molecular weight is 469 g/mol. The fourth-order valence-corrected chi connectivity index (χ4v) is 3.50. The summed E-state index contributed by atoms with van der Waals surface area (Å²) in [7, 11) is 1.83. The average Bonchev–Trinajstić information content (AvgIpc) is 2.88. The second-order valence-electron chi connectivity index (χ2n) is 6.84. The van der Waals surface area contributed by atoms with E-state index >= 15 is 0 Å². The number of benzene rings is 1. The molecule has 0 bridgehead atoms. The molecule has 1 aromatic heterocycles. The van der Waals surface area contributed by atoms with Crippen LogP contribution in [0.4, 0.5) is 0 Å². The predicted molar refractivity (Wildman–Crippen MR) is 121 cm³/mol. The molecule has 2 heterocycles. The van der Waals surface area contributed by atoms with Gasteiger partial charge in [-0.3, -0.25) is 4.99 Å². The Labute approximate surface area is 174 Å². The molecular formula is C20H32IN5. The molecule has 0 radical (unpaired) electrons. The van der Waals surface area contributed by atoms with Crippen LogP contribution in [0.5, 0.6) is 0 Å². The number of H-pyrrole nitrogens is 1. The molecule has 6 heteroatoms. The first-order valence-electron chi connectivity index (χ1n) is 9.58. The van der Waals surface area contributed by atoms with Crippen LogP contribution in [-0.2, 0) is 6.54 Å². The lowest BCUT2D eigenvalue weighted by atomic mass is 10.2. The molecule has 0 saturated carbocycles. The van der Waals surface area contributed by atoms with Crippen LogP contribution in [0.25, 0.3) is 10.9 Å². The van der Waals surface area contributed by atoms with Gasteiger partial charge in [0.2, 0.25) is 0 Å². The summed E-state index contributed by atoms with van der Waals surface area (Å²) in [4.78, 5) is 10.4. The Morgan fingerprint density at radius 1 is 1.12 bits per heavy atom. The van der Waals surface area contributed by atoms with Gasteiger partial charge in [0, 0.05) is 24.8 Å². The van der Waals surface area contributed by atoms with Crippen molar-refractivity contribution in [3.8, 4) is 0 Å². The molecule has 144 valence electrons. The van der Waals surface area contributed by atoms with E-state index in [4.69, 9.17) is 0 Å².